The minimum absolute atomic E-state index is 0.572. The SMILES string of the molecule is S=C(NNc1cc(Cl)ccc1Cl)c1ccccc1. The van der Waals surface area contributed by atoms with Crippen LogP contribution < -0.4 is 10.9 Å². The van der Waals surface area contributed by atoms with Crippen molar-refractivity contribution < 1.29 is 0 Å². The van der Waals surface area contributed by atoms with Gasteiger partial charge in [0.1, 0.15) is 4.99 Å². The van der Waals surface area contributed by atoms with E-state index in [1.54, 1.807) is 18.2 Å². The molecule has 92 valence electrons. The van der Waals surface area contributed by atoms with Gasteiger partial charge >= 0.3 is 0 Å². The first-order valence-corrected chi connectivity index (χ1v) is 6.39. The highest BCUT2D eigenvalue weighted by molar-refractivity contribution is 7.80. The van der Waals surface area contributed by atoms with Crippen molar-refractivity contribution in [3.8, 4) is 0 Å². The second kappa shape index (κ2) is 6.05. The van der Waals surface area contributed by atoms with Crippen molar-refractivity contribution >= 4 is 46.1 Å². The summed E-state index contributed by atoms with van der Waals surface area (Å²) in [7, 11) is 0. The summed E-state index contributed by atoms with van der Waals surface area (Å²) in [6, 6.07) is 14.8. The summed E-state index contributed by atoms with van der Waals surface area (Å²) in [6.07, 6.45) is 0. The molecule has 0 radical (unpaired) electrons. The normalized spacial score (nSPS) is 9.89. The van der Waals surface area contributed by atoms with Gasteiger partial charge < -0.3 is 0 Å². The van der Waals surface area contributed by atoms with Gasteiger partial charge in [0.05, 0.1) is 10.7 Å². The first-order chi connectivity index (χ1) is 8.66. The van der Waals surface area contributed by atoms with E-state index in [1.807, 2.05) is 30.3 Å². The molecule has 0 saturated heterocycles. The molecule has 0 aliphatic rings. The molecule has 2 aromatic carbocycles. The zero-order chi connectivity index (χ0) is 13.0. The third-order valence-electron chi connectivity index (χ3n) is 2.28. The van der Waals surface area contributed by atoms with E-state index in [4.69, 9.17) is 35.4 Å². The third-order valence-corrected chi connectivity index (χ3v) is 3.18. The van der Waals surface area contributed by atoms with Crippen LogP contribution in [0, 0.1) is 0 Å². The average molecular weight is 297 g/mol. The number of nitrogens with one attached hydrogen (secondary N) is 2. The number of anilines is 1. The zero-order valence-corrected chi connectivity index (χ0v) is 11.6. The lowest BCUT2D eigenvalue weighted by molar-refractivity contribution is 1.14. The molecule has 0 spiro atoms. The standard InChI is InChI=1S/C13H10Cl2N2S/c14-10-6-7-11(15)12(8-10)16-17-13(18)9-4-2-1-3-5-9/h1-8,16H,(H,17,18). The lowest BCUT2D eigenvalue weighted by Crippen LogP contribution is -2.28. The maximum Gasteiger partial charge on any atom is 0.125 e. The second-order valence-corrected chi connectivity index (χ2v) is 4.82. The van der Waals surface area contributed by atoms with Gasteiger partial charge in [-0.15, -0.1) is 0 Å². The summed E-state index contributed by atoms with van der Waals surface area (Å²) in [6.45, 7) is 0. The molecule has 0 heterocycles. The van der Waals surface area contributed by atoms with Crippen LogP contribution in [0.4, 0.5) is 5.69 Å². The molecular weight excluding hydrogens is 287 g/mol. The topological polar surface area (TPSA) is 24.1 Å². The molecule has 0 aliphatic heterocycles. The summed E-state index contributed by atoms with van der Waals surface area (Å²) in [5.74, 6) is 0. The van der Waals surface area contributed by atoms with Crippen LogP contribution in [-0.4, -0.2) is 4.99 Å². The van der Waals surface area contributed by atoms with E-state index in [-0.39, 0.29) is 0 Å². The first kappa shape index (κ1) is 13.1. The maximum atomic E-state index is 6.02. The number of halogens is 2. The highest BCUT2D eigenvalue weighted by atomic mass is 35.5. The fourth-order valence-corrected chi connectivity index (χ4v) is 1.90. The van der Waals surface area contributed by atoms with Gasteiger partial charge in [0, 0.05) is 10.6 Å². The third kappa shape index (κ3) is 3.35. The van der Waals surface area contributed by atoms with E-state index in [9.17, 15) is 0 Å². The number of hydrogen-bond acceptors (Lipinski definition) is 2. The molecule has 0 saturated carbocycles. The van der Waals surface area contributed by atoms with E-state index in [0.717, 1.165) is 5.56 Å². The van der Waals surface area contributed by atoms with E-state index in [2.05, 4.69) is 10.9 Å². The summed E-state index contributed by atoms with van der Waals surface area (Å²) in [5, 5.41) is 1.18. The minimum atomic E-state index is 0.572. The Kier molecular flexibility index (Phi) is 4.42. The molecule has 2 aromatic rings. The van der Waals surface area contributed by atoms with Crippen molar-refractivity contribution in [3.05, 3.63) is 64.1 Å². The molecule has 0 aliphatic carbocycles. The van der Waals surface area contributed by atoms with Gasteiger partial charge in [-0.25, -0.2) is 0 Å². The molecule has 18 heavy (non-hydrogen) atoms. The predicted molar refractivity (Wildman–Crippen MR) is 81.4 cm³/mol. The molecule has 0 aromatic heterocycles. The zero-order valence-electron chi connectivity index (χ0n) is 9.28. The van der Waals surface area contributed by atoms with Crippen LogP contribution in [0.1, 0.15) is 5.56 Å². The van der Waals surface area contributed by atoms with Gasteiger partial charge in [0.25, 0.3) is 0 Å². The number of thiocarbonyl (C=S) groups is 1. The maximum absolute atomic E-state index is 6.02. The van der Waals surface area contributed by atoms with E-state index < -0.39 is 0 Å². The van der Waals surface area contributed by atoms with Crippen LogP contribution in [0.25, 0.3) is 0 Å². The Morgan fingerprint density at radius 3 is 2.44 bits per heavy atom. The van der Waals surface area contributed by atoms with Gasteiger partial charge in [-0.3, -0.25) is 10.9 Å². The Balaban J connectivity index is 2.04. The Hall–Kier alpha value is -1.29. The number of rotatable bonds is 3. The molecular formula is C13H10Cl2N2S. The predicted octanol–water partition coefficient (Wildman–Crippen LogP) is 4.29. The molecule has 0 fully saturated rings. The molecule has 2 rings (SSSR count). The van der Waals surface area contributed by atoms with E-state index >= 15 is 0 Å². The van der Waals surface area contributed by atoms with Crippen molar-refractivity contribution in [2.24, 2.45) is 0 Å². The van der Waals surface area contributed by atoms with Crippen molar-refractivity contribution in [1.82, 2.24) is 5.43 Å². The van der Waals surface area contributed by atoms with Crippen LogP contribution in [0.5, 0.6) is 0 Å². The smallest absolute Gasteiger partial charge is 0.125 e. The van der Waals surface area contributed by atoms with Crippen molar-refractivity contribution in [1.29, 1.82) is 0 Å². The van der Waals surface area contributed by atoms with Crippen molar-refractivity contribution in [2.75, 3.05) is 5.43 Å². The Bertz CT molecular complexity index is 558. The number of benzene rings is 2. The first-order valence-electron chi connectivity index (χ1n) is 5.23. The van der Waals surface area contributed by atoms with E-state index in [0.29, 0.717) is 20.7 Å². The van der Waals surface area contributed by atoms with Gasteiger partial charge in [-0.05, 0) is 18.2 Å². The van der Waals surface area contributed by atoms with Crippen LogP contribution >= 0.6 is 35.4 Å². The largest absolute Gasteiger partial charge is 0.299 e. The van der Waals surface area contributed by atoms with Crippen LogP contribution in [0.2, 0.25) is 10.0 Å². The summed E-state index contributed by atoms with van der Waals surface area (Å²) in [4.78, 5) is 0.589. The fourth-order valence-electron chi connectivity index (χ4n) is 1.38. The molecule has 0 amide bonds. The molecule has 0 unspecified atom stereocenters. The highest BCUT2D eigenvalue weighted by Crippen LogP contribution is 2.24. The summed E-state index contributed by atoms with van der Waals surface area (Å²) < 4.78 is 0. The van der Waals surface area contributed by atoms with Crippen molar-refractivity contribution in [3.63, 3.8) is 0 Å². The van der Waals surface area contributed by atoms with Gasteiger partial charge in [-0.2, -0.15) is 0 Å². The molecule has 2 N–H and O–H groups in total. The average Bonchev–Trinajstić information content (AvgIpc) is 2.40. The Labute approximate surface area is 121 Å². The van der Waals surface area contributed by atoms with Crippen LogP contribution in [0.15, 0.2) is 48.5 Å². The molecule has 2 nitrogen and oxygen atoms in total. The van der Waals surface area contributed by atoms with Crippen LogP contribution in [-0.2, 0) is 0 Å². The molecule has 5 heteroatoms. The summed E-state index contributed by atoms with van der Waals surface area (Å²) >= 11 is 17.2. The van der Waals surface area contributed by atoms with Gasteiger partial charge in [0.2, 0.25) is 0 Å². The Morgan fingerprint density at radius 1 is 1.00 bits per heavy atom. The number of hydrogen-bond donors (Lipinski definition) is 2. The quantitative estimate of drug-likeness (QED) is 0.653. The lowest BCUT2D eigenvalue weighted by atomic mass is 10.2. The van der Waals surface area contributed by atoms with Crippen LogP contribution in [0.3, 0.4) is 0 Å². The molecule has 0 atom stereocenters. The Morgan fingerprint density at radius 2 is 1.72 bits per heavy atom. The molecule has 0 bridgehead atoms. The highest BCUT2D eigenvalue weighted by Gasteiger charge is 2.03. The number of hydrazine groups is 1. The summed E-state index contributed by atoms with van der Waals surface area (Å²) in [5.41, 5.74) is 7.48. The second-order valence-electron chi connectivity index (χ2n) is 3.57. The minimum Gasteiger partial charge on any atom is -0.299 e. The van der Waals surface area contributed by atoms with Gasteiger partial charge in [-0.1, -0.05) is 65.8 Å². The monoisotopic (exact) mass is 296 g/mol. The fraction of sp³-hybridized carbons (Fsp3) is 0. The van der Waals surface area contributed by atoms with Crippen molar-refractivity contribution in [2.45, 2.75) is 0 Å². The lowest BCUT2D eigenvalue weighted by Gasteiger charge is -2.12. The van der Waals surface area contributed by atoms with E-state index in [1.165, 1.54) is 0 Å². The van der Waals surface area contributed by atoms with Gasteiger partial charge in [0.15, 0.2) is 0 Å².